The van der Waals surface area contributed by atoms with Crippen LogP contribution >= 0.6 is 0 Å². The third-order valence-corrected chi connectivity index (χ3v) is 6.05. The summed E-state index contributed by atoms with van der Waals surface area (Å²) >= 11 is 0. The maximum absolute atomic E-state index is 12.6. The topological polar surface area (TPSA) is 74.7 Å². The predicted molar refractivity (Wildman–Crippen MR) is 93.6 cm³/mol. The standard InChI is InChI=1S/C18H19NO4S/c20-18(21)10-5-13-24(22,23)19-12-11-16-15(8-4-9-17(16)19)14-6-2-1-3-7-14/h1-4,6-9H,5,10-13H2,(H,20,21). The SMILES string of the molecule is O=C(O)CCCS(=O)(=O)N1CCc2c(-c3ccccc3)cccc21. The number of sulfonamides is 1. The lowest BCUT2D eigenvalue weighted by molar-refractivity contribution is -0.137. The van der Waals surface area contributed by atoms with Crippen molar-refractivity contribution >= 4 is 21.7 Å². The zero-order chi connectivity index (χ0) is 17.2. The predicted octanol–water partition coefficient (Wildman–Crippen LogP) is 2.91. The van der Waals surface area contributed by atoms with Gasteiger partial charge >= 0.3 is 5.97 Å². The lowest BCUT2D eigenvalue weighted by Gasteiger charge is -2.19. The highest BCUT2D eigenvalue weighted by Crippen LogP contribution is 2.37. The Morgan fingerprint density at radius 2 is 1.83 bits per heavy atom. The minimum atomic E-state index is -3.50. The molecule has 0 saturated carbocycles. The summed E-state index contributed by atoms with van der Waals surface area (Å²) in [7, 11) is -3.50. The summed E-state index contributed by atoms with van der Waals surface area (Å²) in [5, 5.41) is 8.69. The van der Waals surface area contributed by atoms with Crippen LogP contribution in [-0.2, 0) is 21.2 Å². The molecule has 6 heteroatoms. The third kappa shape index (κ3) is 3.28. The quantitative estimate of drug-likeness (QED) is 0.873. The van der Waals surface area contributed by atoms with Crippen LogP contribution < -0.4 is 4.31 Å². The molecule has 1 N–H and O–H groups in total. The van der Waals surface area contributed by atoms with Crippen LogP contribution in [0.1, 0.15) is 18.4 Å². The van der Waals surface area contributed by atoms with Gasteiger partial charge in [-0.25, -0.2) is 8.42 Å². The van der Waals surface area contributed by atoms with Crippen LogP contribution in [-0.4, -0.2) is 31.8 Å². The van der Waals surface area contributed by atoms with E-state index in [4.69, 9.17) is 5.11 Å². The van der Waals surface area contributed by atoms with Gasteiger partial charge in [-0.2, -0.15) is 0 Å². The van der Waals surface area contributed by atoms with E-state index in [9.17, 15) is 13.2 Å². The molecule has 0 amide bonds. The van der Waals surface area contributed by atoms with Crippen molar-refractivity contribution < 1.29 is 18.3 Å². The van der Waals surface area contributed by atoms with Gasteiger partial charge in [0, 0.05) is 13.0 Å². The molecule has 24 heavy (non-hydrogen) atoms. The number of rotatable bonds is 6. The average molecular weight is 345 g/mol. The van der Waals surface area contributed by atoms with Crippen LogP contribution in [0.25, 0.3) is 11.1 Å². The largest absolute Gasteiger partial charge is 0.481 e. The Balaban J connectivity index is 1.89. The molecule has 0 unspecified atom stereocenters. The second kappa shape index (κ2) is 6.65. The number of fused-ring (bicyclic) bond motifs is 1. The van der Waals surface area contributed by atoms with E-state index in [0.29, 0.717) is 18.7 Å². The monoisotopic (exact) mass is 345 g/mol. The Labute approximate surface area is 141 Å². The Hall–Kier alpha value is -2.34. The van der Waals surface area contributed by atoms with Crippen molar-refractivity contribution in [3.05, 3.63) is 54.1 Å². The highest BCUT2D eigenvalue weighted by Gasteiger charge is 2.30. The summed E-state index contributed by atoms with van der Waals surface area (Å²) in [5.74, 6) is -1.12. The van der Waals surface area contributed by atoms with E-state index >= 15 is 0 Å². The van der Waals surface area contributed by atoms with E-state index in [1.165, 1.54) is 4.31 Å². The lowest BCUT2D eigenvalue weighted by Crippen LogP contribution is -2.31. The molecular weight excluding hydrogens is 326 g/mol. The molecule has 5 nitrogen and oxygen atoms in total. The average Bonchev–Trinajstić information content (AvgIpc) is 3.00. The third-order valence-electron chi connectivity index (χ3n) is 4.20. The van der Waals surface area contributed by atoms with Gasteiger partial charge in [0.05, 0.1) is 11.4 Å². The van der Waals surface area contributed by atoms with Crippen molar-refractivity contribution in [2.24, 2.45) is 0 Å². The van der Waals surface area contributed by atoms with Gasteiger partial charge in [-0.1, -0.05) is 42.5 Å². The van der Waals surface area contributed by atoms with Gasteiger partial charge in [0.1, 0.15) is 0 Å². The van der Waals surface area contributed by atoms with Crippen molar-refractivity contribution in [3.8, 4) is 11.1 Å². The molecule has 3 rings (SSSR count). The van der Waals surface area contributed by atoms with Crippen molar-refractivity contribution in [1.82, 2.24) is 0 Å². The van der Waals surface area contributed by atoms with Crippen LogP contribution in [0.3, 0.4) is 0 Å². The maximum Gasteiger partial charge on any atom is 0.303 e. The fourth-order valence-electron chi connectivity index (χ4n) is 3.10. The molecule has 1 aliphatic heterocycles. The number of nitrogens with zero attached hydrogens (tertiary/aromatic N) is 1. The number of hydrogen-bond donors (Lipinski definition) is 1. The van der Waals surface area contributed by atoms with E-state index in [-0.39, 0.29) is 18.6 Å². The summed E-state index contributed by atoms with van der Waals surface area (Å²) in [4.78, 5) is 10.6. The van der Waals surface area contributed by atoms with E-state index in [2.05, 4.69) is 0 Å². The van der Waals surface area contributed by atoms with Gasteiger partial charge in [-0.15, -0.1) is 0 Å². The van der Waals surface area contributed by atoms with Crippen molar-refractivity contribution in [2.75, 3.05) is 16.6 Å². The second-order valence-corrected chi connectivity index (χ2v) is 7.82. The first-order valence-electron chi connectivity index (χ1n) is 7.88. The summed E-state index contributed by atoms with van der Waals surface area (Å²) in [6, 6.07) is 15.6. The normalized spacial score (nSPS) is 13.8. The highest BCUT2D eigenvalue weighted by atomic mass is 32.2. The first kappa shape index (κ1) is 16.5. The molecule has 0 aliphatic carbocycles. The molecule has 1 aliphatic rings. The van der Waals surface area contributed by atoms with Crippen LogP contribution in [0.5, 0.6) is 0 Å². The molecule has 0 fully saturated rings. The summed E-state index contributed by atoms with van der Waals surface area (Å²) in [6.07, 6.45) is 0.657. The number of hydrogen-bond acceptors (Lipinski definition) is 3. The molecular formula is C18H19NO4S. The van der Waals surface area contributed by atoms with Gasteiger partial charge in [-0.05, 0) is 35.6 Å². The summed E-state index contributed by atoms with van der Waals surface area (Å²) in [5.41, 5.74) is 3.87. The number of anilines is 1. The number of carboxylic acid groups (broad SMARTS) is 1. The van der Waals surface area contributed by atoms with Gasteiger partial charge in [0.25, 0.3) is 0 Å². The summed E-state index contributed by atoms with van der Waals surface area (Å²) < 4.78 is 26.5. The zero-order valence-corrected chi connectivity index (χ0v) is 14.0. The van der Waals surface area contributed by atoms with E-state index in [0.717, 1.165) is 16.7 Å². The fourth-order valence-corrected chi connectivity index (χ4v) is 4.67. The van der Waals surface area contributed by atoms with Crippen molar-refractivity contribution in [2.45, 2.75) is 19.3 Å². The van der Waals surface area contributed by atoms with Gasteiger partial charge in [0.15, 0.2) is 0 Å². The summed E-state index contributed by atoms with van der Waals surface area (Å²) in [6.45, 7) is 0.411. The molecule has 2 aromatic carbocycles. The van der Waals surface area contributed by atoms with E-state index in [1.807, 2.05) is 48.5 Å². The number of carbonyl (C=O) groups is 1. The first-order valence-corrected chi connectivity index (χ1v) is 9.49. The second-order valence-electron chi connectivity index (χ2n) is 5.80. The number of benzene rings is 2. The molecule has 126 valence electrons. The van der Waals surface area contributed by atoms with Crippen molar-refractivity contribution in [1.29, 1.82) is 0 Å². The minimum Gasteiger partial charge on any atom is -0.481 e. The molecule has 0 saturated heterocycles. The highest BCUT2D eigenvalue weighted by molar-refractivity contribution is 7.92. The van der Waals surface area contributed by atoms with Gasteiger partial charge < -0.3 is 5.11 Å². The van der Waals surface area contributed by atoms with Crippen LogP contribution in [0.15, 0.2) is 48.5 Å². The van der Waals surface area contributed by atoms with E-state index in [1.54, 1.807) is 0 Å². The molecule has 0 radical (unpaired) electrons. The minimum absolute atomic E-state index is 0.127. The smallest absolute Gasteiger partial charge is 0.303 e. The van der Waals surface area contributed by atoms with Crippen molar-refractivity contribution in [3.63, 3.8) is 0 Å². The van der Waals surface area contributed by atoms with Gasteiger partial charge in [0.2, 0.25) is 10.0 Å². The maximum atomic E-state index is 12.6. The molecule has 0 aromatic heterocycles. The Kier molecular flexibility index (Phi) is 4.57. The molecule has 1 heterocycles. The zero-order valence-electron chi connectivity index (χ0n) is 13.2. The molecule has 2 aromatic rings. The molecule has 0 spiro atoms. The molecule has 0 bridgehead atoms. The molecule has 0 atom stereocenters. The van der Waals surface area contributed by atoms with Crippen LogP contribution in [0, 0.1) is 0 Å². The Morgan fingerprint density at radius 3 is 2.54 bits per heavy atom. The number of aliphatic carboxylic acids is 1. The van der Waals surface area contributed by atoms with Crippen LogP contribution in [0.2, 0.25) is 0 Å². The fraction of sp³-hybridized carbons (Fsp3) is 0.278. The Morgan fingerprint density at radius 1 is 1.08 bits per heavy atom. The lowest BCUT2D eigenvalue weighted by atomic mass is 9.98. The van der Waals surface area contributed by atoms with Gasteiger partial charge in [-0.3, -0.25) is 9.10 Å². The van der Waals surface area contributed by atoms with Crippen LogP contribution in [0.4, 0.5) is 5.69 Å². The first-order chi connectivity index (χ1) is 11.5. The Bertz CT molecular complexity index is 847. The number of carboxylic acids is 1. The van der Waals surface area contributed by atoms with E-state index < -0.39 is 16.0 Å².